The summed E-state index contributed by atoms with van der Waals surface area (Å²) in [5, 5.41) is 30.2. The van der Waals surface area contributed by atoms with Crippen LogP contribution >= 0.6 is 0 Å². The number of aliphatic hydroxyl groups is 3. The van der Waals surface area contributed by atoms with Crippen molar-refractivity contribution >= 4 is 0 Å². The van der Waals surface area contributed by atoms with Crippen molar-refractivity contribution in [2.24, 2.45) is 29.1 Å². The number of fused-ring (bicyclic) bond motifs is 1. The number of hydrogen-bond donors (Lipinski definition) is 3. The van der Waals surface area contributed by atoms with Crippen LogP contribution in [0.15, 0.2) is 35.5 Å². The average Bonchev–Trinajstić information content (AvgIpc) is 3.00. The van der Waals surface area contributed by atoms with Gasteiger partial charge in [0.2, 0.25) is 0 Å². The lowest BCUT2D eigenvalue weighted by atomic mass is 9.61. The molecule has 7 atom stereocenters. The maximum absolute atomic E-state index is 10.2. The first-order valence-electron chi connectivity index (χ1n) is 12.2. The van der Waals surface area contributed by atoms with Gasteiger partial charge in [0, 0.05) is 5.92 Å². The van der Waals surface area contributed by atoms with Crippen LogP contribution in [-0.2, 0) is 0 Å². The van der Waals surface area contributed by atoms with Crippen LogP contribution in [0.5, 0.6) is 0 Å². The number of allylic oxidation sites excluding steroid dienone is 4. The molecule has 0 aromatic rings. The minimum Gasteiger partial charge on any atom is -0.393 e. The van der Waals surface area contributed by atoms with Crippen molar-refractivity contribution in [3.05, 3.63) is 35.5 Å². The van der Waals surface area contributed by atoms with Gasteiger partial charge in [0.05, 0.1) is 17.8 Å². The average molecular weight is 417 g/mol. The molecule has 3 aliphatic carbocycles. The third kappa shape index (κ3) is 5.29. The first-order valence-corrected chi connectivity index (χ1v) is 12.2. The Morgan fingerprint density at radius 2 is 1.70 bits per heavy atom. The molecule has 3 heteroatoms. The van der Waals surface area contributed by atoms with E-state index >= 15 is 0 Å². The fraction of sp³-hybridized carbons (Fsp3) is 0.778. The van der Waals surface area contributed by atoms with E-state index in [0.717, 1.165) is 0 Å². The maximum atomic E-state index is 10.2. The van der Waals surface area contributed by atoms with Gasteiger partial charge in [-0.1, -0.05) is 56.2 Å². The zero-order valence-electron chi connectivity index (χ0n) is 19.8. The summed E-state index contributed by atoms with van der Waals surface area (Å²) in [4.78, 5) is 0. The molecular weight excluding hydrogens is 372 g/mol. The summed E-state index contributed by atoms with van der Waals surface area (Å²) in [5.41, 5.74) is 2.43. The molecular formula is C27H44O3. The summed E-state index contributed by atoms with van der Waals surface area (Å²) in [6.45, 7) is 10.7. The molecule has 3 fully saturated rings. The Morgan fingerprint density at radius 3 is 2.33 bits per heavy atom. The van der Waals surface area contributed by atoms with Crippen molar-refractivity contribution in [3.63, 3.8) is 0 Å². The second kappa shape index (κ2) is 9.30. The summed E-state index contributed by atoms with van der Waals surface area (Å²) in [7, 11) is 0. The van der Waals surface area contributed by atoms with Crippen molar-refractivity contribution in [1.29, 1.82) is 0 Å². The minimum absolute atomic E-state index is 0.152. The van der Waals surface area contributed by atoms with Crippen LogP contribution in [0, 0.1) is 29.1 Å². The van der Waals surface area contributed by atoms with Gasteiger partial charge in [-0.15, -0.1) is 0 Å². The molecule has 0 aromatic heterocycles. The Hall–Kier alpha value is -0.900. The first-order chi connectivity index (χ1) is 14.0. The van der Waals surface area contributed by atoms with E-state index in [4.69, 9.17) is 0 Å². The van der Waals surface area contributed by atoms with Crippen LogP contribution in [0.4, 0.5) is 0 Å². The van der Waals surface area contributed by atoms with Crippen molar-refractivity contribution < 1.29 is 15.3 Å². The lowest BCUT2D eigenvalue weighted by molar-refractivity contribution is 0.0436. The van der Waals surface area contributed by atoms with Crippen molar-refractivity contribution in [2.45, 2.75) is 104 Å². The van der Waals surface area contributed by atoms with E-state index in [0.29, 0.717) is 42.4 Å². The van der Waals surface area contributed by atoms with Crippen LogP contribution in [-0.4, -0.2) is 33.1 Å². The molecule has 3 nitrogen and oxygen atoms in total. The summed E-state index contributed by atoms with van der Waals surface area (Å²) in [6.07, 6.45) is 16.5. The second-order valence-electron chi connectivity index (χ2n) is 11.3. The smallest absolute Gasteiger partial charge is 0.0651 e. The number of hydrogen-bond acceptors (Lipinski definition) is 3. The zero-order chi connectivity index (χ0) is 22.1. The van der Waals surface area contributed by atoms with Crippen LogP contribution in [0.3, 0.4) is 0 Å². The quantitative estimate of drug-likeness (QED) is 0.514. The minimum atomic E-state index is -0.674. The molecule has 0 heterocycles. The Kier molecular flexibility index (Phi) is 7.37. The molecule has 3 aliphatic rings. The number of aliphatic hydroxyl groups excluding tert-OH is 2. The Balaban J connectivity index is 1.73. The molecule has 170 valence electrons. The van der Waals surface area contributed by atoms with Gasteiger partial charge in [0.1, 0.15) is 0 Å². The molecule has 0 saturated heterocycles. The topological polar surface area (TPSA) is 60.7 Å². The van der Waals surface area contributed by atoms with Crippen molar-refractivity contribution in [2.75, 3.05) is 0 Å². The monoisotopic (exact) mass is 416 g/mol. The van der Waals surface area contributed by atoms with Crippen molar-refractivity contribution in [1.82, 2.24) is 0 Å². The molecule has 3 rings (SSSR count). The highest BCUT2D eigenvalue weighted by Crippen LogP contribution is 2.59. The summed E-state index contributed by atoms with van der Waals surface area (Å²) >= 11 is 0. The highest BCUT2D eigenvalue weighted by molar-refractivity contribution is 5.26. The third-order valence-electron chi connectivity index (χ3n) is 8.56. The molecule has 0 bridgehead atoms. The van der Waals surface area contributed by atoms with Gasteiger partial charge in [0.25, 0.3) is 0 Å². The highest BCUT2D eigenvalue weighted by Gasteiger charge is 2.50. The molecule has 3 saturated carbocycles. The van der Waals surface area contributed by atoms with E-state index in [-0.39, 0.29) is 5.92 Å². The summed E-state index contributed by atoms with van der Waals surface area (Å²) in [6, 6.07) is 0. The fourth-order valence-electron chi connectivity index (χ4n) is 6.39. The van der Waals surface area contributed by atoms with E-state index in [2.05, 4.69) is 45.1 Å². The van der Waals surface area contributed by atoms with Crippen LogP contribution in [0.1, 0.15) is 86.0 Å². The van der Waals surface area contributed by atoms with Gasteiger partial charge >= 0.3 is 0 Å². The van der Waals surface area contributed by atoms with Gasteiger partial charge in [-0.2, -0.15) is 0 Å². The Bertz CT molecular complexity index is 671. The second-order valence-corrected chi connectivity index (χ2v) is 11.3. The largest absolute Gasteiger partial charge is 0.393 e. The predicted molar refractivity (Wildman–Crippen MR) is 124 cm³/mol. The van der Waals surface area contributed by atoms with Gasteiger partial charge in [-0.3, -0.25) is 0 Å². The summed E-state index contributed by atoms with van der Waals surface area (Å²) in [5.74, 6) is 2.00. The fourth-order valence-corrected chi connectivity index (χ4v) is 6.39. The lowest BCUT2D eigenvalue weighted by Gasteiger charge is -2.44. The summed E-state index contributed by atoms with van der Waals surface area (Å²) < 4.78 is 0. The molecule has 0 spiro atoms. The molecule has 3 unspecified atom stereocenters. The normalized spacial score (nSPS) is 40.1. The van der Waals surface area contributed by atoms with Gasteiger partial charge < -0.3 is 15.3 Å². The standard InChI is InChI=1S/C27H44O3/c1-18(8-9-19(2)26(3,4)30)24-12-13-25-21(7-6-14-27(24,25)5)11-10-20-15-22(28)17-23(29)16-20/h8-11,18-19,22-25,28-30H,6-7,12-17H2,1-5H3/b9-8+,20-10?,21-11+/t18-,19+,22-,23?,24-,25?,27?/m1/s1. The van der Waals surface area contributed by atoms with Crippen LogP contribution in [0.2, 0.25) is 0 Å². The number of rotatable bonds is 5. The Morgan fingerprint density at radius 1 is 1.03 bits per heavy atom. The van der Waals surface area contributed by atoms with Gasteiger partial charge in [-0.25, -0.2) is 0 Å². The third-order valence-corrected chi connectivity index (χ3v) is 8.56. The molecule has 0 amide bonds. The van der Waals surface area contributed by atoms with E-state index < -0.39 is 17.8 Å². The predicted octanol–water partition coefficient (Wildman–Crippen LogP) is 5.56. The van der Waals surface area contributed by atoms with E-state index in [1.54, 1.807) is 5.57 Å². The van der Waals surface area contributed by atoms with Gasteiger partial charge in [0.15, 0.2) is 0 Å². The highest BCUT2D eigenvalue weighted by atomic mass is 16.3. The molecule has 30 heavy (non-hydrogen) atoms. The molecule has 0 radical (unpaired) electrons. The maximum Gasteiger partial charge on any atom is 0.0651 e. The SMILES string of the molecule is C[C@H](/C=C/[C@H](C)C(C)(C)O)[C@H]1CCC2/C(=C/C=C3CC(O)C[C@H](O)C3)CCCC21C. The first kappa shape index (κ1) is 23.8. The molecule has 0 aliphatic heterocycles. The zero-order valence-corrected chi connectivity index (χ0v) is 19.8. The van der Waals surface area contributed by atoms with Gasteiger partial charge in [-0.05, 0) is 88.4 Å². The molecule has 0 aromatic carbocycles. The van der Waals surface area contributed by atoms with E-state index in [1.807, 2.05) is 13.8 Å². The lowest BCUT2D eigenvalue weighted by Crippen LogP contribution is -2.35. The molecule has 3 N–H and O–H groups in total. The van der Waals surface area contributed by atoms with Crippen LogP contribution in [0.25, 0.3) is 0 Å². The van der Waals surface area contributed by atoms with E-state index in [1.165, 1.54) is 37.7 Å². The Labute approximate surface area is 184 Å². The van der Waals surface area contributed by atoms with E-state index in [9.17, 15) is 15.3 Å². The van der Waals surface area contributed by atoms with Crippen LogP contribution < -0.4 is 0 Å². The van der Waals surface area contributed by atoms with Crippen molar-refractivity contribution in [3.8, 4) is 0 Å².